The van der Waals surface area contributed by atoms with Crippen molar-refractivity contribution >= 4 is 11.9 Å². The zero-order valence-corrected chi connectivity index (χ0v) is 14.5. The fourth-order valence-corrected chi connectivity index (χ4v) is 2.79. The lowest BCUT2D eigenvalue weighted by Gasteiger charge is -2.34. The third-order valence-electron chi connectivity index (χ3n) is 4.22. The standard InChI is InChI=1S/C20H25N3O/c1-3-24-20-10-6-18(7-11-20)16-21-23-14-12-22(13-15-23)19-8-4-17(2)5-9-19/h4-11,16H,3,12-15H2,1-2H3/b21-16-. The van der Waals surface area contributed by atoms with E-state index in [1.165, 1.54) is 11.3 Å². The summed E-state index contributed by atoms with van der Waals surface area (Å²) in [5.41, 5.74) is 3.70. The van der Waals surface area contributed by atoms with E-state index in [4.69, 9.17) is 4.74 Å². The predicted molar refractivity (Wildman–Crippen MR) is 100 cm³/mol. The Morgan fingerprint density at radius 1 is 0.958 bits per heavy atom. The molecule has 4 heteroatoms. The lowest BCUT2D eigenvalue weighted by Crippen LogP contribution is -2.44. The van der Waals surface area contributed by atoms with Gasteiger partial charge in [-0.3, -0.25) is 5.01 Å². The van der Waals surface area contributed by atoms with Gasteiger partial charge in [0.2, 0.25) is 0 Å². The minimum Gasteiger partial charge on any atom is -0.494 e. The molecule has 0 amide bonds. The fraction of sp³-hybridized carbons (Fsp3) is 0.350. The number of benzene rings is 2. The molecular weight excluding hydrogens is 298 g/mol. The van der Waals surface area contributed by atoms with Crippen molar-refractivity contribution in [3.63, 3.8) is 0 Å². The average Bonchev–Trinajstić information content (AvgIpc) is 2.63. The predicted octanol–water partition coefficient (Wildman–Crippen LogP) is 3.55. The van der Waals surface area contributed by atoms with Crippen LogP contribution in [0.1, 0.15) is 18.1 Å². The van der Waals surface area contributed by atoms with E-state index in [1.807, 2.05) is 37.4 Å². The summed E-state index contributed by atoms with van der Waals surface area (Å²) in [6.45, 7) is 8.71. The molecule has 1 aliphatic rings. The smallest absolute Gasteiger partial charge is 0.119 e. The van der Waals surface area contributed by atoms with Gasteiger partial charge in [-0.2, -0.15) is 5.10 Å². The first-order valence-corrected chi connectivity index (χ1v) is 8.58. The van der Waals surface area contributed by atoms with Gasteiger partial charge in [-0.15, -0.1) is 0 Å². The van der Waals surface area contributed by atoms with E-state index >= 15 is 0 Å². The highest BCUT2D eigenvalue weighted by molar-refractivity contribution is 5.79. The molecule has 3 rings (SSSR count). The second-order valence-corrected chi connectivity index (χ2v) is 6.02. The van der Waals surface area contributed by atoms with Crippen LogP contribution < -0.4 is 9.64 Å². The Morgan fingerprint density at radius 2 is 1.62 bits per heavy atom. The van der Waals surface area contributed by atoms with Crippen LogP contribution in [0.5, 0.6) is 5.75 Å². The first kappa shape index (κ1) is 16.4. The van der Waals surface area contributed by atoms with Crippen LogP contribution in [0, 0.1) is 6.92 Å². The van der Waals surface area contributed by atoms with Crippen molar-refractivity contribution in [2.45, 2.75) is 13.8 Å². The number of hydrazone groups is 1. The van der Waals surface area contributed by atoms with E-state index in [1.54, 1.807) is 0 Å². The molecule has 1 aliphatic heterocycles. The molecule has 0 bridgehead atoms. The molecule has 0 atom stereocenters. The topological polar surface area (TPSA) is 28.1 Å². The second kappa shape index (κ2) is 7.86. The molecule has 4 nitrogen and oxygen atoms in total. The molecule has 2 aromatic rings. The van der Waals surface area contributed by atoms with E-state index in [0.29, 0.717) is 6.61 Å². The summed E-state index contributed by atoms with van der Waals surface area (Å²) in [6.07, 6.45) is 1.93. The van der Waals surface area contributed by atoms with Crippen LogP contribution in [0.2, 0.25) is 0 Å². The number of nitrogens with zero attached hydrogens (tertiary/aromatic N) is 3. The Labute approximate surface area is 144 Å². The van der Waals surface area contributed by atoms with Gasteiger partial charge in [0.15, 0.2) is 0 Å². The molecule has 0 unspecified atom stereocenters. The molecule has 0 spiro atoms. The Hall–Kier alpha value is -2.49. The molecular formula is C20H25N3O. The number of ether oxygens (including phenoxy) is 1. The molecule has 2 aromatic carbocycles. The number of piperazine rings is 1. The molecule has 126 valence electrons. The van der Waals surface area contributed by atoms with Gasteiger partial charge in [0.05, 0.1) is 25.9 Å². The van der Waals surface area contributed by atoms with Crippen LogP contribution in [0.3, 0.4) is 0 Å². The Balaban J connectivity index is 1.52. The maximum Gasteiger partial charge on any atom is 0.119 e. The molecule has 0 aromatic heterocycles. The monoisotopic (exact) mass is 323 g/mol. The van der Waals surface area contributed by atoms with E-state index in [0.717, 1.165) is 37.5 Å². The lowest BCUT2D eigenvalue weighted by atomic mass is 10.2. The number of hydrogen-bond donors (Lipinski definition) is 0. The summed E-state index contributed by atoms with van der Waals surface area (Å²) in [5.74, 6) is 0.904. The summed E-state index contributed by atoms with van der Waals surface area (Å²) in [6, 6.07) is 16.8. The van der Waals surface area contributed by atoms with E-state index in [2.05, 4.69) is 46.2 Å². The highest BCUT2D eigenvalue weighted by Crippen LogP contribution is 2.17. The van der Waals surface area contributed by atoms with Crippen LogP contribution in [0.25, 0.3) is 0 Å². The Kier molecular flexibility index (Phi) is 5.36. The van der Waals surface area contributed by atoms with Gasteiger partial charge < -0.3 is 9.64 Å². The molecule has 0 N–H and O–H groups in total. The number of aryl methyl sites for hydroxylation is 1. The normalized spacial score (nSPS) is 15.1. The van der Waals surface area contributed by atoms with Gasteiger partial charge in [-0.25, -0.2) is 0 Å². The molecule has 0 aliphatic carbocycles. The van der Waals surface area contributed by atoms with Gasteiger partial charge in [0, 0.05) is 18.8 Å². The minimum absolute atomic E-state index is 0.693. The number of anilines is 1. The van der Waals surface area contributed by atoms with Crippen molar-refractivity contribution in [3.05, 3.63) is 59.7 Å². The van der Waals surface area contributed by atoms with E-state index in [9.17, 15) is 0 Å². The second-order valence-electron chi connectivity index (χ2n) is 6.02. The summed E-state index contributed by atoms with van der Waals surface area (Å²) in [7, 11) is 0. The largest absolute Gasteiger partial charge is 0.494 e. The zero-order chi connectivity index (χ0) is 16.8. The van der Waals surface area contributed by atoms with Gasteiger partial charge in [0.25, 0.3) is 0 Å². The number of hydrogen-bond acceptors (Lipinski definition) is 4. The van der Waals surface area contributed by atoms with Crippen molar-refractivity contribution in [3.8, 4) is 5.75 Å². The summed E-state index contributed by atoms with van der Waals surface area (Å²) < 4.78 is 5.46. The molecule has 1 heterocycles. The van der Waals surface area contributed by atoms with E-state index in [-0.39, 0.29) is 0 Å². The molecule has 24 heavy (non-hydrogen) atoms. The summed E-state index contributed by atoms with van der Waals surface area (Å²) in [5, 5.41) is 6.75. The van der Waals surface area contributed by atoms with Crippen LogP contribution in [0.4, 0.5) is 5.69 Å². The summed E-state index contributed by atoms with van der Waals surface area (Å²) >= 11 is 0. The van der Waals surface area contributed by atoms with Crippen molar-refractivity contribution in [1.29, 1.82) is 0 Å². The van der Waals surface area contributed by atoms with Crippen LogP contribution in [0.15, 0.2) is 53.6 Å². The van der Waals surface area contributed by atoms with Crippen LogP contribution >= 0.6 is 0 Å². The minimum atomic E-state index is 0.693. The lowest BCUT2D eigenvalue weighted by molar-refractivity contribution is 0.272. The highest BCUT2D eigenvalue weighted by Gasteiger charge is 2.15. The molecule has 1 saturated heterocycles. The average molecular weight is 323 g/mol. The molecule has 1 fully saturated rings. The first-order chi connectivity index (χ1) is 11.7. The SMILES string of the molecule is CCOc1ccc(/C=N\N2CCN(c3ccc(C)cc3)CC2)cc1. The maximum absolute atomic E-state index is 5.46. The summed E-state index contributed by atoms with van der Waals surface area (Å²) in [4.78, 5) is 2.42. The zero-order valence-electron chi connectivity index (χ0n) is 14.5. The fourth-order valence-electron chi connectivity index (χ4n) is 2.79. The molecule has 0 saturated carbocycles. The first-order valence-electron chi connectivity index (χ1n) is 8.58. The van der Waals surface area contributed by atoms with Crippen LogP contribution in [-0.2, 0) is 0 Å². The van der Waals surface area contributed by atoms with Gasteiger partial charge in [-0.1, -0.05) is 17.7 Å². The molecule has 0 radical (unpaired) electrons. The van der Waals surface area contributed by atoms with E-state index < -0.39 is 0 Å². The number of rotatable bonds is 5. The van der Waals surface area contributed by atoms with Gasteiger partial charge >= 0.3 is 0 Å². The highest BCUT2D eigenvalue weighted by atomic mass is 16.5. The van der Waals surface area contributed by atoms with Gasteiger partial charge in [-0.05, 0) is 55.8 Å². The van der Waals surface area contributed by atoms with Crippen molar-refractivity contribution in [1.82, 2.24) is 5.01 Å². The third-order valence-corrected chi connectivity index (χ3v) is 4.22. The maximum atomic E-state index is 5.46. The van der Waals surface area contributed by atoms with Crippen molar-refractivity contribution < 1.29 is 4.74 Å². The Morgan fingerprint density at radius 3 is 2.25 bits per heavy atom. The third kappa shape index (κ3) is 4.28. The van der Waals surface area contributed by atoms with Crippen molar-refractivity contribution in [2.75, 3.05) is 37.7 Å². The van der Waals surface area contributed by atoms with Crippen LogP contribution in [-0.4, -0.2) is 44.0 Å². The van der Waals surface area contributed by atoms with Gasteiger partial charge in [0.1, 0.15) is 5.75 Å². The Bertz CT molecular complexity index is 656. The quantitative estimate of drug-likeness (QED) is 0.788. The van der Waals surface area contributed by atoms with Crippen molar-refractivity contribution in [2.24, 2.45) is 5.10 Å².